The summed E-state index contributed by atoms with van der Waals surface area (Å²) in [4.78, 5) is -0.442. The first-order valence-corrected chi connectivity index (χ1v) is 7.29. The van der Waals surface area contributed by atoms with Crippen molar-refractivity contribution in [2.24, 2.45) is 5.73 Å². The summed E-state index contributed by atoms with van der Waals surface area (Å²) in [5.41, 5.74) is 3.60. The molecule has 0 atom stereocenters. The second kappa shape index (κ2) is 5.34. The van der Waals surface area contributed by atoms with Crippen LogP contribution in [0, 0.1) is 0 Å². The van der Waals surface area contributed by atoms with Crippen LogP contribution in [0.4, 0.5) is 13.2 Å². The molecule has 0 aromatic heterocycles. The molecule has 0 aliphatic heterocycles. The third-order valence-corrected chi connectivity index (χ3v) is 4.02. The van der Waals surface area contributed by atoms with Gasteiger partial charge in [0, 0.05) is 12.1 Å². The van der Waals surface area contributed by atoms with E-state index in [0.717, 1.165) is 12.1 Å². The lowest BCUT2D eigenvalue weighted by atomic mass is 10.1. The van der Waals surface area contributed by atoms with Crippen LogP contribution in [-0.4, -0.2) is 14.0 Å². The highest BCUT2D eigenvalue weighted by molar-refractivity contribution is 7.89. The maximum atomic E-state index is 12.8. The number of sulfonamides is 1. The first-order chi connectivity index (χ1) is 8.85. The molecular weight excluding hydrogens is 293 g/mol. The van der Waals surface area contributed by atoms with E-state index in [1.807, 2.05) is 0 Å². The van der Waals surface area contributed by atoms with Crippen LogP contribution in [0.25, 0.3) is 0 Å². The third kappa shape index (κ3) is 4.46. The van der Waals surface area contributed by atoms with Crippen molar-refractivity contribution in [1.29, 1.82) is 0 Å². The number of alkyl halides is 3. The highest BCUT2D eigenvalue weighted by Crippen LogP contribution is 2.31. The average Bonchev–Trinajstić information content (AvgIpc) is 2.24. The molecule has 0 radical (unpaired) electrons. The smallest absolute Gasteiger partial charge is 0.326 e. The predicted molar refractivity (Wildman–Crippen MR) is 69.4 cm³/mol. The molecule has 3 N–H and O–H groups in total. The number of nitrogens with one attached hydrogen (secondary N) is 1. The summed E-state index contributed by atoms with van der Waals surface area (Å²) in [5.74, 6) is 0. The highest BCUT2D eigenvalue weighted by atomic mass is 32.2. The number of hydrogen-bond acceptors (Lipinski definition) is 3. The fraction of sp³-hybridized carbons (Fsp3) is 0.500. The molecule has 0 bridgehead atoms. The topological polar surface area (TPSA) is 72.2 Å². The van der Waals surface area contributed by atoms with Crippen molar-refractivity contribution in [2.75, 3.05) is 0 Å². The van der Waals surface area contributed by atoms with Crippen molar-refractivity contribution in [2.45, 2.75) is 43.9 Å². The van der Waals surface area contributed by atoms with Crippen LogP contribution >= 0.6 is 0 Å². The largest absolute Gasteiger partial charge is 0.416 e. The van der Waals surface area contributed by atoms with Crippen LogP contribution in [-0.2, 0) is 22.7 Å². The Morgan fingerprint density at radius 1 is 1.15 bits per heavy atom. The zero-order valence-corrected chi connectivity index (χ0v) is 12.2. The second-order valence-corrected chi connectivity index (χ2v) is 7.11. The van der Waals surface area contributed by atoms with Gasteiger partial charge in [-0.25, -0.2) is 13.1 Å². The molecule has 0 fully saturated rings. The molecule has 20 heavy (non-hydrogen) atoms. The van der Waals surface area contributed by atoms with E-state index >= 15 is 0 Å². The van der Waals surface area contributed by atoms with Gasteiger partial charge in [0.1, 0.15) is 0 Å². The molecule has 0 amide bonds. The molecular formula is C12H17F3N2O2S. The summed E-state index contributed by atoms with van der Waals surface area (Å²) in [6, 6.07) is 2.59. The molecule has 1 rings (SSSR count). The maximum absolute atomic E-state index is 12.8. The molecule has 1 aromatic carbocycles. The van der Waals surface area contributed by atoms with Gasteiger partial charge >= 0.3 is 6.18 Å². The minimum Gasteiger partial charge on any atom is -0.326 e. The van der Waals surface area contributed by atoms with E-state index < -0.39 is 32.2 Å². The molecule has 4 nitrogen and oxygen atoms in total. The van der Waals surface area contributed by atoms with Crippen LogP contribution in [0.1, 0.15) is 31.9 Å². The maximum Gasteiger partial charge on any atom is 0.416 e. The Balaban J connectivity index is 3.38. The van der Waals surface area contributed by atoms with Crippen LogP contribution in [0.2, 0.25) is 0 Å². The van der Waals surface area contributed by atoms with Crippen LogP contribution in [0.15, 0.2) is 23.1 Å². The van der Waals surface area contributed by atoms with E-state index in [4.69, 9.17) is 5.73 Å². The van der Waals surface area contributed by atoms with Crippen molar-refractivity contribution in [3.63, 3.8) is 0 Å². The summed E-state index contributed by atoms with van der Waals surface area (Å²) in [7, 11) is -4.04. The predicted octanol–water partition coefficient (Wildman–Crippen LogP) is 2.24. The van der Waals surface area contributed by atoms with Gasteiger partial charge in [-0.3, -0.25) is 0 Å². The molecule has 1 aromatic rings. The number of rotatable bonds is 3. The van der Waals surface area contributed by atoms with Gasteiger partial charge in [-0.05, 0) is 44.5 Å². The Morgan fingerprint density at radius 3 is 2.10 bits per heavy atom. The summed E-state index contributed by atoms with van der Waals surface area (Å²) < 4.78 is 64.7. The summed E-state index contributed by atoms with van der Waals surface area (Å²) in [5, 5.41) is 0. The van der Waals surface area contributed by atoms with Gasteiger partial charge in [-0.2, -0.15) is 13.2 Å². The van der Waals surface area contributed by atoms with Crippen LogP contribution in [0.3, 0.4) is 0 Å². The van der Waals surface area contributed by atoms with E-state index in [9.17, 15) is 21.6 Å². The van der Waals surface area contributed by atoms with E-state index in [1.165, 1.54) is 0 Å². The van der Waals surface area contributed by atoms with Crippen molar-refractivity contribution in [3.8, 4) is 0 Å². The lowest BCUT2D eigenvalue weighted by molar-refractivity contribution is -0.137. The van der Waals surface area contributed by atoms with Gasteiger partial charge in [0.2, 0.25) is 10.0 Å². The lowest BCUT2D eigenvalue weighted by Crippen LogP contribution is -2.40. The Labute approximate surface area is 116 Å². The van der Waals surface area contributed by atoms with Crippen molar-refractivity contribution < 1.29 is 21.6 Å². The van der Waals surface area contributed by atoms with E-state index in [0.29, 0.717) is 6.07 Å². The van der Waals surface area contributed by atoms with E-state index in [2.05, 4.69) is 4.72 Å². The normalized spacial score (nSPS) is 13.6. The van der Waals surface area contributed by atoms with Gasteiger partial charge in [-0.1, -0.05) is 0 Å². The molecule has 8 heteroatoms. The Morgan fingerprint density at radius 2 is 1.70 bits per heavy atom. The molecule has 0 unspecified atom stereocenters. The summed E-state index contributed by atoms with van der Waals surface area (Å²) in [6.07, 6.45) is -4.63. The Bertz CT molecular complexity index is 590. The van der Waals surface area contributed by atoms with Crippen LogP contribution < -0.4 is 10.5 Å². The third-order valence-electron chi connectivity index (χ3n) is 2.28. The zero-order chi connectivity index (χ0) is 15.8. The van der Waals surface area contributed by atoms with E-state index in [-0.39, 0.29) is 12.1 Å². The van der Waals surface area contributed by atoms with Gasteiger partial charge in [0.15, 0.2) is 0 Å². The number of halogens is 3. The standard InChI is InChI=1S/C12H17F3N2O2S/c1-11(2,3)17-20(18,19)10-5-8(7-16)4-9(6-10)12(13,14)15/h4-6,17H,7,16H2,1-3H3. The minimum absolute atomic E-state index is 0.106. The SMILES string of the molecule is CC(C)(C)NS(=O)(=O)c1cc(CN)cc(C(F)(F)F)c1. The number of hydrogen-bond donors (Lipinski definition) is 2. The van der Waals surface area contributed by atoms with E-state index in [1.54, 1.807) is 20.8 Å². The molecule has 0 aliphatic rings. The Kier molecular flexibility index (Phi) is 4.52. The molecule has 0 spiro atoms. The first kappa shape index (κ1) is 16.9. The molecule has 0 saturated heterocycles. The van der Waals surface area contributed by atoms with Gasteiger partial charge in [0.25, 0.3) is 0 Å². The molecule has 114 valence electrons. The van der Waals surface area contributed by atoms with Crippen molar-refractivity contribution in [1.82, 2.24) is 4.72 Å². The second-order valence-electron chi connectivity index (χ2n) is 5.42. The zero-order valence-electron chi connectivity index (χ0n) is 11.4. The Hall–Kier alpha value is -1.12. The molecule has 0 heterocycles. The number of benzene rings is 1. The lowest BCUT2D eigenvalue weighted by Gasteiger charge is -2.21. The van der Waals surface area contributed by atoms with Crippen molar-refractivity contribution in [3.05, 3.63) is 29.3 Å². The fourth-order valence-corrected chi connectivity index (χ4v) is 3.07. The summed E-state index contributed by atoms with van der Waals surface area (Å²) in [6.45, 7) is 4.62. The monoisotopic (exact) mass is 310 g/mol. The molecule has 0 aliphatic carbocycles. The fourth-order valence-electron chi connectivity index (χ4n) is 1.56. The number of nitrogens with two attached hydrogens (primary N) is 1. The van der Waals surface area contributed by atoms with Gasteiger partial charge < -0.3 is 5.73 Å². The molecule has 0 saturated carbocycles. The average molecular weight is 310 g/mol. The highest BCUT2D eigenvalue weighted by Gasteiger charge is 2.33. The van der Waals surface area contributed by atoms with Gasteiger partial charge in [0.05, 0.1) is 10.5 Å². The first-order valence-electron chi connectivity index (χ1n) is 5.80. The summed E-state index contributed by atoms with van der Waals surface area (Å²) >= 11 is 0. The van der Waals surface area contributed by atoms with Crippen molar-refractivity contribution >= 4 is 10.0 Å². The van der Waals surface area contributed by atoms with Gasteiger partial charge in [-0.15, -0.1) is 0 Å². The minimum atomic E-state index is -4.63. The quantitative estimate of drug-likeness (QED) is 0.899. The van der Waals surface area contributed by atoms with Crippen LogP contribution in [0.5, 0.6) is 0 Å².